The summed E-state index contributed by atoms with van der Waals surface area (Å²) in [6.45, 7) is -6.55. The highest BCUT2D eigenvalue weighted by Gasteiger charge is 2.72. The zero-order valence-corrected chi connectivity index (χ0v) is 29.8. The van der Waals surface area contributed by atoms with Crippen LogP contribution in [-0.2, 0) is 42.8 Å². The van der Waals surface area contributed by atoms with Gasteiger partial charge in [-0.2, -0.15) is 105 Å². The number of carboxylic acid groups (broad SMARTS) is 3. The first kappa shape index (κ1) is 59.5. The van der Waals surface area contributed by atoms with Gasteiger partial charge in [0.05, 0.1) is 13.2 Å². The van der Waals surface area contributed by atoms with Crippen LogP contribution in [0.25, 0.3) is 0 Å². The molecule has 0 aromatic rings. The van der Waals surface area contributed by atoms with E-state index in [9.17, 15) is 135 Å². The highest BCUT2D eigenvalue weighted by atomic mass is 19.4. The molecular weight excluding hydrogens is 972 g/mol. The molecule has 0 amide bonds. The van der Waals surface area contributed by atoms with E-state index in [4.69, 9.17) is 4.74 Å². The number of carbonyl (C=O) groups excluding carboxylic acids is 3. The summed E-state index contributed by atoms with van der Waals surface area (Å²) < 4.78 is 343. The second kappa shape index (κ2) is 20.3. The molecule has 0 heterocycles. The summed E-state index contributed by atoms with van der Waals surface area (Å²) in [5.74, 6) is -49.7. The number of hydrogen-bond acceptors (Lipinski definition) is 12. The summed E-state index contributed by atoms with van der Waals surface area (Å²) in [6.07, 6.45) is -54.0. The van der Waals surface area contributed by atoms with Crippen molar-refractivity contribution in [1.29, 1.82) is 0 Å². The predicted octanol–water partition coefficient (Wildman–Crippen LogP) is 4.41. The molecule has 0 unspecified atom stereocenters. The second-order valence-electron chi connectivity index (χ2n) is 12.1. The standard InChI is InChI=1S/C27H26F24O12/c28-16(29,22(40,41)61-25(46,47)19(34,35)13(52)53)4-1-7-58-10-12(60-9-3-6-18(32,33)24(44,45)63-27(50,51)21(38,39)15(56)57)11-59-8-2-5-17(30,31)23(42,43)62-26(48,49)20(36,37)14(54)55/h12H,1-11H2,(H,52,53)(H,54,55)(H,56,57)/p-3. The molecule has 12 nitrogen and oxygen atoms in total. The first-order valence-corrected chi connectivity index (χ1v) is 15.8. The number of rotatable bonds is 32. The third-order valence-electron chi connectivity index (χ3n) is 7.07. The van der Waals surface area contributed by atoms with Crippen molar-refractivity contribution in [1.82, 2.24) is 0 Å². The van der Waals surface area contributed by atoms with Gasteiger partial charge in [0, 0.05) is 39.1 Å². The van der Waals surface area contributed by atoms with Gasteiger partial charge < -0.3 is 43.9 Å². The average molecular weight is 995 g/mol. The number of halogens is 24. The van der Waals surface area contributed by atoms with E-state index in [0.717, 1.165) is 0 Å². The zero-order valence-electron chi connectivity index (χ0n) is 29.8. The van der Waals surface area contributed by atoms with E-state index in [1.54, 1.807) is 0 Å². The Bertz CT molecular complexity index is 1450. The molecule has 0 fully saturated rings. The lowest BCUT2D eigenvalue weighted by Gasteiger charge is -2.33. The van der Waals surface area contributed by atoms with Gasteiger partial charge in [-0.1, -0.05) is 0 Å². The third kappa shape index (κ3) is 14.8. The Morgan fingerprint density at radius 3 is 0.810 bits per heavy atom. The van der Waals surface area contributed by atoms with Crippen LogP contribution in [0.3, 0.4) is 0 Å². The first-order valence-electron chi connectivity index (χ1n) is 15.8. The molecule has 374 valence electrons. The maximum atomic E-state index is 14.0. The van der Waals surface area contributed by atoms with Gasteiger partial charge in [0.2, 0.25) is 0 Å². The van der Waals surface area contributed by atoms with Crippen molar-refractivity contribution in [3.8, 4) is 0 Å². The number of carboxylic acids is 3. The number of alkyl halides is 24. The van der Waals surface area contributed by atoms with Gasteiger partial charge in [-0.25, -0.2) is 14.2 Å². The topological polar surface area (TPSA) is 176 Å². The van der Waals surface area contributed by atoms with Crippen LogP contribution in [0.4, 0.5) is 105 Å². The lowest BCUT2D eigenvalue weighted by atomic mass is 10.1. The van der Waals surface area contributed by atoms with Crippen molar-refractivity contribution in [2.75, 3.05) is 33.0 Å². The van der Waals surface area contributed by atoms with E-state index < -0.39 is 168 Å². The fourth-order valence-corrected chi connectivity index (χ4v) is 3.60. The molecule has 0 bridgehead atoms. The molecule has 0 atom stereocenters. The van der Waals surface area contributed by atoms with Gasteiger partial charge in [-0.3, -0.25) is 0 Å². The summed E-state index contributed by atoms with van der Waals surface area (Å²) in [5, 5.41) is 30.3. The van der Waals surface area contributed by atoms with Crippen LogP contribution in [0.15, 0.2) is 0 Å². The van der Waals surface area contributed by atoms with E-state index >= 15 is 0 Å². The van der Waals surface area contributed by atoms with Crippen molar-refractivity contribution in [3.63, 3.8) is 0 Å². The SMILES string of the molecule is O=C([O-])C(F)(F)C(F)(F)OC(F)(F)C(F)(F)CCCOCC(COCCCC(F)(F)C(F)(F)OC(F)(F)C(F)(F)C(=O)[O-])OCCCC(F)(F)C(F)(F)OC(F)(F)C(F)(F)C(=O)[O-]. The first-order chi connectivity index (χ1) is 27.7. The largest absolute Gasteiger partial charge is 0.544 e. The van der Waals surface area contributed by atoms with Crippen LogP contribution in [0.5, 0.6) is 0 Å². The lowest BCUT2D eigenvalue weighted by molar-refractivity contribution is -0.472. The molecule has 0 aliphatic rings. The van der Waals surface area contributed by atoms with E-state index in [1.807, 2.05) is 0 Å². The van der Waals surface area contributed by atoms with Gasteiger partial charge in [0.1, 0.15) is 24.0 Å². The molecule has 36 heteroatoms. The summed E-state index contributed by atoms with van der Waals surface area (Å²) in [4.78, 5) is 30.3. The van der Waals surface area contributed by atoms with Gasteiger partial charge in [-0.15, -0.1) is 0 Å². The van der Waals surface area contributed by atoms with Crippen LogP contribution < -0.4 is 15.3 Å². The van der Waals surface area contributed by atoms with Crippen molar-refractivity contribution in [2.24, 2.45) is 0 Å². The van der Waals surface area contributed by atoms with Gasteiger partial charge >= 0.3 is 72.2 Å². The Balaban J connectivity index is 5.79. The van der Waals surface area contributed by atoms with Gasteiger partial charge in [0.15, 0.2) is 0 Å². The summed E-state index contributed by atoms with van der Waals surface area (Å²) in [5.41, 5.74) is 0. The molecule has 0 saturated carbocycles. The highest BCUT2D eigenvalue weighted by Crippen LogP contribution is 2.49. The quantitative estimate of drug-likeness (QED) is 0.0687. The van der Waals surface area contributed by atoms with Crippen LogP contribution in [-0.4, -0.2) is 129 Å². The number of ether oxygens (including phenoxy) is 6. The van der Waals surface area contributed by atoms with Crippen molar-refractivity contribution in [2.45, 2.75) is 117 Å². The molecule has 0 aliphatic heterocycles. The smallest absolute Gasteiger partial charge is 0.429 e. The van der Waals surface area contributed by atoms with Crippen LogP contribution in [0.1, 0.15) is 38.5 Å². The molecular formula is C27H23F24O12-3. The summed E-state index contributed by atoms with van der Waals surface area (Å²) in [6, 6.07) is 0. The minimum Gasteiger partial charge on any atom is -0.544 e. The maximum absolute atomic E-state index is 14.0. The van der Waals surface area contributed by atoms with E-state index in [1.165, 1.54) is 0 Å². The molecule has 0 aliphatic carbocycles. The fourth-order valence-electron chi connectivity index (χ4n) is 3.60. The van der Waals surface area contributed by atoms with E-state index in [2.05, 4.69) is 23.7 Å². The Morgan fingerprint density at radius 1 is 0.365 bits per heavy atom. The Kier molecular flexibility index (Phi) is 19.2. The maximum Gasteiger partial charge on any atom is 0.429 e. The lowest BCUT2D eigenvalue weighted by Crippen LogP contribution is -2.59. The summed E-state index contributed by atoms with van der Waals surface area (Å²) in [7, 11) is 0. The van der Waals surface area contributed by atoms with E-state index in [-0.39, 0.29) is 0 Å². The monoisotopic (exact) mass is 995 g/mol. The van der Waals surface area contributed by atoms with Gasteiger partial charge in [-0.05, 0) is 19.3 Å². The average Bonchev–Trinajstić information content (AvgIpc) is 3.07. The molecule has 0 rings (SSSR count). The van der Waals surface area contributed by atoms with Crippen LogP contribution in [0.2, 0.25) is 0 Å². The summed E-state index contributed by atoms with van der Waals surface area (Å²) >= 11 is 0. The van der Waals surface area contributed by atoms with Crippen LogP contribution >= 0.6 is 0 Å². The molecule has 0 radical (unpaired) electrons. The minimum atomic E-state index is -6.86. The van der Waals surface area contributed by atoms with Crippen molar-refractivity contribution < 1.29 is 163 Å². The predicted molar refractivity (Wildman–Crippen MR) is 137 cm³/mol. The molecule has 0 aromatic heterocycles. The number of carbonyl (C=O) groups is 3. The molecule has 0 aromatic carbocycles. The molecule has 0 saturated heterocycles. The highest BCUT2D eigenvalue weighted by molar-refractivity contribution is 5.75. The molecule has 0 N–H and O–H groups in total. The Labute approximate surface area is 332 Å². The van der Waals surface area contributed by atoms with Gasteiger partial charge in [0.25, 0.3) is 0 Å². The molecule has 0 spiro atoms. The van der Waals surface area contributed by atoms with Crippen LogP contribution in [0, 0.1) is 0 Å². The van der Waals surface area contributed by atoms with Crippen molar-refractivity contribution >= 4 is 17.9 Å². The minimum absolute atomic E-state index is 1.27. The number of aliphatic carboxylic acids is 3. The Hall–Kier alpha value is -3.51. The van der Waals surface area contributed by atoms with Crippen molar-refractivity contribution in [3.05, 3.63) is 0 Å². The normalized spacial score (nSPS) is 15.0. The zero-order chi connectivity index (χ0) is 50.3. The second-order valence-corrected chi connectivity index (χ2v) is 12.1. The number of hydrogen-bond donors (Lipinski definition) is 0. The fraction of sp³-hybridized carbons (Fsp3) is 0.889. The van der Waals surface area contributed by atoms with E-state index in [0.29, 0.717) is 0 Å². The third-order valence-corrected chi connectivity index (χ3v) is 7.07. The Morgan fingerprint density at radius 2 is 0.587 bits per heavy atom. The molecule has 63 heavy (non-hydrogen) atoms.